The van der Waals surface area contributed by atoms with Crippen molar-refractivity contribution in [3.05, 3.63) is 84.2 Å². The second-order valence-corrected chi connectivity index (χ2v) is 17.3. The molecule has 2 aromatic carbocycles. The number of hydrogen-bond donors (Lipinski definition) is 0. The van der Waals surface area contributed by atoms with Crippen molar-refractivity contribution in [2.24, 2.45) is 0 Å². The minimum Gasteiger partial charge on any atom is -0.413 e. The number of allylic oxidation sites excluding steroid dienone is 1. The molecule has 1 aliphatic rings. The molecule has 2 aromatic rings. The van der Waals surface area contributed by atoms with Gasteiger partial charge in [-0.15, -0.1) is 0 Å². The largest absolute Gasteiger partial charge is 0.413 e. The molecule has 0 bridgehead atoms. The van der Waals surface area contributed by atoms with Crippen molar-refractivity contribution in [1.82, 2.24) is 0 Å². The maximum Gasteiger partial charge on any atom is 0.192 e. The van der Waals surface area contributed by atoms with Gasteiger partial charge in [-0.3, -0.25) is 0 Å². The number of halogens is 1. The molecule has 0 aliphatic heterocycles. The standard InChI is InChI=1S/C26H34FO2PSi/c1-20-21(17-22(18-25(20)27)29-31(5,6)26(2,3)4)19-30(28,23-13-9-7-10-14-23)24-15-11-8-12-16-24/h7-16,19,22,25H,1,17-18H2,2-6H3/b21-19-/t22-,25+/m1/s1. The van der Waals surface area contributed by atoms with Gasteiger partial charge in [-0.05, 0) is 41.5 Å². The second-order valence-electron chi connectivity index (χ2n) is 9.92. The van der Waals surface area contributed by atoms with Gasteiger partial charge in [0.05, 0.1) is 6.10 Å². The third-order valence-electron chi connectivity index (χ3n) is 6.59. The molecule has 5 heteroatoms. The van der Waals surface area contributed by atoms with Crippen LogP contribution in [-0.4, -0.2) is 20.6 Å². The normalized spacial score (nSPS) is 22.0. The molecule has 0 aromatic heterocycles. The Bertz CT molecular complexity index is 950. The van der Waals surface area contributed by atoms with Gasteiger partial charge in [0.25, 0.3) is 0 Å². The Morgan fingerprint density at radius 3 is 1.97 bits per heavy atom. The van der Waals surface area contributed by atoms with Crippen molar-refractivity contribution in [2.45, 2.75) is 64.0 Å². The highest BCUT2D eigenvalue weighted by Crippen LogP contribution is 2.49. The molecule has 1 saturated carbocycles. The Balaban J connectivity index is 2.03. The number of rotatable bonds is 5. The van der Waals surface area contributed by atoms with Crippen molar-refractivity contribution in [2.75, 3.05) is 0 Å². The molecule has 1 fully saturated rings. The van der Waals surface area contributed by atoms with Crippen LogP contribution in [0.5, 0.6) is 0 Å². The van der Waals surface area contributed by atoms with E-state index in [-0.39, 0.29) is 11.1 Å². The molecule has 2 nitrogen and oxygen atoms in total. The van der Waals surface area contributed by atoms with E-state index in [4.69, 9.17) is 4.43 Å². The summed E-state index contributed by atoms with van der Waals surface area (Å²) in [6.07, 6.45) is -0.568. The summed E-state index contributed by atoms with van der Waals surface area (Å²) in [5.74, 6) is 1.79. The summed E-state index contributed by atoms with van der Waals surface area (Å²) in [6, 6.07) is 18.9. The van der Waals surface area contributed by atoms with E-state index in [0.29, 0.717) is 18.4 Å². The van der Waals surface area contributed by atoms with Gasteiger partial charge in [-0.2, -0.15) is 0 Å². The maximum absolute atomic E-state index is 15.0. The fourth-order valence-electron chi connectivity index (χ4n) is 3.67. The van der Waals surface area contributed by atoms with Gasteiger partial charge in [-0.1, -0.05) is 88.0 Å². The van der Waals surface area contributed by atoms with Crippen LogP contribution in [0.1, 0.15) is 33.6 Å². The minimum atomic E-state index is -3.10. The van der Waals surface area contributed by atoms with Gasteiger partial charge in [0, 0.05) is 17.0 Å². The average molecular weight is 457 g/mol. The molecule has 0 amide bonds. The summed E-state index contributed by atoms with van der Waals surface area (Å²) in [5, 5.41) is 1.52. The molecule has 31 heavy (non-hydrogen) atoms. The van der Waals surface area contributed by atoms with Gasteiger partial charge in [0.2, 0.25) is 0 Å². The van der Waals surface area contributed by atoms with Crippen LogP contribution in [-0.2, 0) is 8.99 Å². The Morgan fingerprint density at radius 1 is 1.03 bits per heavy atom. The molecule has 0 spiro atoms. The van der Waals surface area contributed by atoms with Crippen molar-refractivity contribution >= 4 is 26.1 Å². The first-order valence-corrected chi connectivity index (χ1v) is 15.6. The van der Waals surface area contributed by atoms with Crippen LogP contribution in [0.2, 0.25) is 18.1 Å². The highest BCUT2D eigenvalue weighted by Gasteiger charge is 2.41. The minimum absolute atomic E-state index is 0.0422. The number of benzene rings is 2. The highest BCUT2D eigenvalue weighted by molar-refractivity contribution is 7.81. The summed E-state index contributed by atoms with van der Waals surface area (Å²) in [4.78, 5) is 0. The number of alkyl halides is 1. The van der Waals surface area contributed by atoms with E-state index >= 15 is 4.39 Å². The van der Waals surface area contributed by atoms with Crippen molar-refractivity contribution < 1.29 is 13.4 Å². The average Bonchev–Trinajstić information content (AvgIpc) is 2.72. The molecule has 166 valence electrons. The molecular weight excluding hydrogens is 422 g/mol. The van der Waals surface area contributed by atoms with Crippen molar-refractivity contribution in [3.8, 4) is 0 Å². The first-order chi connectivity index (χ1) is 14.4. The lowest BCUT2D eigenvalue weighted by atomic mass is 9.88. The lowest BCUT2D eigenvalue weighted by Gasteiger charge is -2.41. The Labute approximate surface area is 187 Å². The van der Waals surface area contributed by atoms with Crippen LogP contribution in [0.4, 0.5) is 4.39 Å². The maximum atomic E-state index is 15.0. The summed E-state index contributed by atoms with van der Waals surface area (Å²) < 4.78 is 36.0. The van der Waals surface area contributed by atoms with E-state index in [1.807, 2.05) is 60.7 Å². The molecule has 0 N–H and O–H groups in total. The SMILES string of the molecule is C=C1/C(=C\P(=O)(c2ccccc2)c2ccccc2)C[C@@H](O[Si](C)(C)C(C)(C)C)C[C@@H]1F. The predicted octanol–water partition coefficient (Wildman–Crippen LogP) is 6.96. The summed E-state index contributed by atoms with van der Waals surface area (Å²) in [5.41, 5.74) is 1.15. The Kier molecular flexibility index (Phi) is 6.95. The smallest absolute Gasteiger partial charge is 0.192 e. The molecule has 0 radical (unpaired) electrons. The van der Waals surface area contributed by atoms with E-state index < -0.39 is 21.6 Å². The summed E-state index contributed by atoms with van der Waals surface area (Å²) >= 11 is 0. The zero-order valence-corrected chi connectivity index (χ0v) is 21.2. The van der Waals surface area contributed by atoms with Crippen LogP contribution in [0, 0.1) is 0 Å². The molecule has 0 heterocycles. The summed E-state index contributed by atoms with van der Waals surface area (Å²) in [7, 11) is -5.15. The molecule has 1 aliphatic carbocycles. The van der Waals surface area contributed by atoms with Crippen LogP contribution >= 0.6 is 7.14 Å². The monoisotopic (exact) mass is 456 g/mol. The third kappa shape index (κ3) is 5.19. The van der Waals surface area contributed by atoms with Gasteiger partial charge in [0.15, 0.2) is 15.5 Å². The van der Waals surface area contributed by atoms with Gasteiger partial charge in [0.1, 0.15) is 6.17 Å². The van der Waals surface area contributed by atoms with Crippen LogP contribution < -0.4 is 10.6 Å². The topological polar surface area (TPSA) is 26.3 Å². The predicted molar refractivity (Wildman–Crippen MR) is 133 cm³/mol. The fourth-order valence-corrected chi connectivity index (χ4v) is 7.57. The molecule has 2 atom stereocenters. The lowest BCUT2D eigenvalue weighted by molar-refractivity contribution is 0.131. The summed E-state index contributed by atoms with van der Waals surface area (Å²) in [6.45, 7) is 14.9. The third-order valence-corrected chi connectivity index (χ3v) is 13.9. The zero-order valence-electron chi connectivity index (χ0n) is 19.3. The first-order valence-electron chi connectivity index (χ1n) is 10.9. The van der Waals surface area contributed by atoms with Crippen LogP contribution in [0.25, 0.3) is 0 Å². The first kappa shape index (κ1) is 23.9. The molecule has 3 rings (SSSR count). The van der Waals surface area contributed by atoms with Crippen molar-refractivity contribution in [3.63, 3.8) is 0 Å². The van der Waals surface area contributed by atoms with E-state index in [1.54, 1.807) is 5.82 Å². The van der Waals surface area contributed by atoms with Crippen molar-refractivity contribution in [1.29, 1.82) is 0 Å². The Morgan fingerprint density at radius 2 is 1.52 bits per heavy atom. The number of hydrogen-bond acceptors (Lipinski definition) is 2. The van der Waals surface area contributed by atoms with E-state index in [2.05, 4.69) is 40.4 Å². The van der Waals surface area contributed by atoms with Crippen LogP contribution in [0.15, 0.2) is 84.2 Å². The lowest BCUT2D eigenvalue weighted by Crippen LogP contribution is -2.45. The molecular formula is C26H34FO2PSi. The van der Waals surface area contributed by atoms with E-state index in [9.17, 15) is 4.57 Å². The van der Waals surface area contributed by atoms with Gasteiger partial charge in [-0.25, -0.2) is 4.39 Å². The Hall–Kier alpha value is -1.74. The van der Waals surface area contributed by atoms with E-state index in [1.165, 1.54) is 0 Å². The van der Waals surface area contributed by atoms with E-state index in [0.717, 1.165) is 16.2 Å². The van der Waals surface area contributed by atoms with Gasteiger partial charge < -0.3 is 8.99 Å². The highest BCUT2D eigenvalue weighted by atomic mass is 31.2. The molecule has 0 saturated heterocycles. The van der Waals surface area contributed by atoms with Crippen LogP contribution in [0.3, 0.4) is 0 Å². The van der Waals surface area contributed by atoms with Gasteiger partial charge >= 0.3 is 0 Å². The zero-order chi connectivity index (χ0) is 22.9. The fraction of sp³-hybridized carbons (Fsp3) is 0.385. The quantitative estimate of drug-likeness (QED) is 0.359. The second kappa shape index (κ2) is 9.01. The molecule has 0 unspecified atom stereocenters.